The maximum absolute atomic E-state index is 13.4. The van der Waals surface area contributed by atoms with Gasteiger partial charge in [-0.1, -0.05) is 5.16 Å². The summed E-state index contributed by atoms with van der Waals surface area (Å²) in [6.45, 7) is 2.21. The molecule has 0 bridgehead atoms. The van der Waals surface area contributed by atoms with E-state index in [2.05, 4.69) is 10.5 Å². The van der Waals surface area contributed by atoms with Crippen molar-refractivity contribution in [2.24, 2.45) is 0 Å². The monoisotopic (exact) mass is 432 g/mol. The predicted octanol–water partition coefficient (Wildman–Crippen LogP) is 3.95. The highest BCUT2D eigenvalue weighted by molar-refractivity contribution is 8.25. The Hall–Kier alpha value is -2.44. The predicted molar refractivity (Wildman–Crippen MR) is 100 cm³/mol. The zero-order valence-electron chi connectivity index (χ0n) is 15.4. The third kappa shape index (κ3) is 3.51. The van der Waals surface area contributed by atoms with Crippen LogP contribution in [0.4, 0.5) is 29.5 Å². The number of carbonyl (C=O) groups excluding carboxylic acids is 1. The second kappa shape index (κ2) is 7.11. The van der Waals surface area contributed by atoms with Crippen LogP contribution in [0.1, 0.15) is 24.6 Å². The molecule has 3 heterocycles. The van der Waals surface area contributed by atoms with Gasteiger partial charge in [0.05, 0.1) is 23.6 Å². The van der Waals surface area contributed by atoms with Crippen LogP contribution < -0.4 is 9.62 Å². The summed E-state index contributed by atoms with van der Waals surface area (Å²) in [5, 5.41) is 6.36. The van der Waals surface area contributed by atoms with Gasteiger partial charge in [0, 0.05) is 36.8 Å². The SMILES string of the molecule is CC1Cc2noc(N3CCCS3(O)O)c2CN1C(=O)Nc1cc(F)c(F)c(F)c1. The first-order valence-electron chi connectivity index (χ1n) is 8.90. The van der Waals surface area contributed by atoms with E-state index in [-0.39, 0.29) is 29.9 Å². The fraction of sp³-hybridized carbons (Fsp3) is 0.412. The van der Waals surface area contributed by atoms with Crippen LogP contribution >= 0.6 is 10.8 Å². The number of fused-ring (bicyclic) bond motifs is 1. The molecule has 1 aromatic carbocycles. The topological polar surface area (TPSA) is 102 Å². The van der Waals surface area contributed by atoms with Gasteiger partial charge in [0.15, 0.2) is 17.5 Å². The molecule has 0 aliphatic carbocycles. The molecule has 8 nitrogen and oxygen atoms in total. The van der Waals surface area contributed by atoms with Crippen LogP contribution in [0.25, 0.3) is 0 Å². The number of aromatic nitrogens is 1. The molecule has 2 aliphatic rings. The minimum absolute atomic E-state index is 0.0549. The van der Waals surface area contributed by atoms with Crippen molar-refractivity contribution in [3.8, 4) is 0 Å². The Bertz CT molecular complexity index is 947. The molecule has 0 saturated carbocycles. The van der Waals surface area contributed by atoms with E-state index in [4.69, 9.17) is 4.52 Å². The number of benzene rings is 1. The van der Waals surface area contributed by atoms with Crippen molar-refractivity contribution in [3.63, 3.8) is 0 Å². The number of hydrogen-bond acceptors (Lipinski definition) is 6. The molecule has 158 valence electrons. The van der Waals surface area contributed by atoms with E-state index in [1.54, 1.807) is 6.92 Å². The Labute approximate surface area is 165 Å². The number of carbonyl (C=O) groups is 1. The minimum Gasteiger partial charge on any atom is -0.336 e. The Morgan fingerprint density at radius 2 is 2.00 bits per heavy atom. The van der Waals surface area contributed by atoms with Gasteiger partial charge in [-0.05, 0) is 13.3 Å². The first-order chi connectivity index (χ1) is 13.7. The number of nitrogens with one attached hydrogen (secondary N) is 1. The molecule has 0 radical (unpaired) electrons. The Morgan fingerprint density at radius 3 is 2.62 bits per heavy atom. The van der Waals surface area contributed by atoms with E-state index in [1.165, 1.54) is 9.21 Å². The molecule has 12 heteroatoms. The van der Waals surface area contributed by atoms with E-state index in [9.17, 15) is 27.1 Å². The number of rotatable bonds is 2. The second-order valence-corrected chi connectivity index (χ2v) is 9.18. The molecule has 0 spiro atoms. The van der Waals surface area contributed by atoms with Crippen molar-refractivity contribution in [2.75, 3.05) is 21.9 Å². The lowest BCUT2D eigenvalue weighted by molar-refractivity contribution is 0.182. The highest BCUT2D eigenvalue weighted by atomic mass is 32.3. The first-order valence-corrected chi connectivity index (χ1v) is 10.6. The highest BCUT2D eigenvalue weighted by Crippen LogP contribution is 2.52. The van der Waals surface area contributed by atoms with E-state index < -0.39 is 34.3 Å². The smallest absolute Gasteiger partial charge is 0.322 e. The zero-order valence-corrected chi connectivity index (χ0v) is 16.2. The summed E-state index contributed by atoms with van der Waals surface area (Å²) in [6.07, 6.45) is 0.936. The molecule has 4 rings (SSSR count). The Kier molecular flexibility index (Phi) is 4.87. The van der Waals surface area contributed by atoms with Crippen molar-refractivity contribution in [3.05, 3.63) is 40.8 Å². The van der Waals surface area contributed by atoms with Crippen molar-refractivity contribution >= 4 is 28.4 Å². The van der Waals surface area contributed by atoms with Gasteiger partial charge in [0.2, 0.25) is 0 Å². The number of nitrogens with zero attached hydrogens (tertiary/aromatic N) is 3. The van der Waals surface area contributed by atoms with Gasteiger partial charge in [-0.3, -0.25) is 9.11 Å². The van der Waals surface area contributed by atoms with Crippen molar-refractivity contribution in [2.45, 2.75) is 32.4 Å². The Balaban J connectivity index is 1.57. The van der Waals surface area contributed by atoms with E-state index >= 15 is 0 Å². The number of halogens is 3. The molecular formula is C17H19F3N4O4S. The van der Waals surface area contributed by atoms with Crippen LogP contribution in [0.15, 0.2) is 16.7 Å². The van der Waals surface area contributed by atoms with Crippen molar-refractivity contribution in [1.29, 1.82) is 0 Å². The maximum Gasteiger partial charge on any atom is 0.322 e. The van der Waals surface area contributed by atoms with E-state index in [0.717, 1.165) is 0 Å². The van der Waals surface area contributed by atoms with Crippen molar-refractivity contribution in [1.82, 2.24) is 10.1 Å². The summed E-state index contributed by atoms with van der Waals surface area (Å²) in [4.78, 5) is 14.1. The molecule has 2 aromatic rings. The standard InChI is InChI=1S/C17H19F3N4O4S/c1-9-5-14-11(16(28-22-14)24-3-2-4-29(24,26)27)8-23(9)17(25)21-10-6-12(18)15(20)13(19)7-10/h6-7,9,26-27H,2-5,8H2,1H3,(H,21,25). The lowest BCUT2D eigenvalue weighted by Gasteiger charge is -2.38. The van der Waals surface area contributed by atoms with Crippen LogP contribution in [0.5, 0.6) is 0 Å². The van der Waals surface area contributed by atoms with Crippen LogP contribution in [-0.2, 0) is 13.0 Å². The molecule has 1 unspecified atom stereocenters. The molecule has 3 N–H and O–H groups in total. The fourth-order valence-corrected chi connectivity index (χ4v) is 5.12. The van der Waals surface area contributed by atoms with Gasteiger partial charge in [0.1, 0.15) is 0 Å². The van der Waals surface area contributed by atoms with Crippen LogP contribution in [0.2, 0.25) is 0 Å². The number of hydrogen-bond donors (Lipinski definition) is 3. The molecule has 1 saturated heterocycles. The lowest BCUT2D eigenvalue weighted by atomic mass is 10.0. The van der Waals surface area contributed by atoms with Gasteiger partial charge in [-0.25, -0.2) is 22.3 Å². The normalized spacial score (nSPS) is 21.8. The highest BCUT2D eigenvalue weighted by Gasteiger charge is 2.38. The fourth-order valence-electron chi connectivity index (χ4n) is 3.55. The molecule has 1 atom stereocenters. The largest absolute Gasteiger partial charge is 0.336 e. The van der Waals surface area contributed by atoms with Gasteiger partial charge in [-0.2, -0.15) is 0 Å². The van der Waals surface area contributed by atoms with E-state index in [1.807, 2.05) is 0 Å². The Morgan fingerprint density at radius 1 is 1.31 bits per heavy atom. The van der Waals surface area contributed by atoms with Crippen LogP contribution in [0.3, 0.4) is 0 Å². The summed E-state index contributed by atoms with van der Waals surface area (Å²) in [6, 6.07) is 0.435. The summed E-state index contributed by atoms with van der Waals surface area (Å²) in [7, 11) is -3.00. The number of urea groups is 1. The second-order valence-electron chi connectivity index (χ2n) is 7.07. The number of amides is 2. The molecule has 2 aliphatic heterocycles. The average Bonchev–Trinajstić information content (AvgIpc) is 3.20. The maximum atomic E-state index is 13.4. The quantitative estimate of drug-likeness (QED) is 0.622. The zero-order chi connectivity index (χ0) is 20.9. The third-order valence-electron chi connectivity index (χ3n) is 5.05. The first kappa shape index (κ1) is 19.9. The van der Waals surface area contributed by atoms with Gasteiger partial charge >= 0.3 is 6.03 Å². The van der Waals surface area contributed by atoms with Crippen molar-refractivity contribution < 1.29 is 31.6 Å². The summed E-state index contributed by atoms with van der Waals surface area (Å²) in [5.74, 6) is -3.99. The van der Waals surface area contributed by atoms with E-state index in [0.29, 0.717) is 42.8 Å². The summed E-state index contributed by atoms with van der Waals surface area (Å²) in [5.41, 5.74) is 0.942. The summed E-state index contributed by atoms with van der Waals surface area (Å²) < 4.78 is 67.1. The molecule has 29 heavy (non-hydrogen) atoms. The number of anilines is 2. The van der Waals surface area contributed by atoms with Crippen LogP contribution in [-0.4, -0.2) is 43.5 Å². The molecule has 1 fully saturated rings. The summed E-state index contributed by atoms with van der Waals surface area (Å²) >= 11 is 0. The average molecular weight is 432 g/mol. The molecule has 1 aromatic heterocycles. The lowest BCUT2D eigenvalue weighted by Crippen LogP contribution is -2.45. The van der Waals surface area contributed by atoms with Gasteiger partial charge in [-0.15, -0.1) is 10.8 Å². The molecular weight excluding hydrogens is 413 g/mol. The van der Waals surface area contributed by atoms with Gasteiger partial charge < -0.3 is 14.7 Å². The molecule has 2 amide bonds. The minimum atomic E-state index is -3.00. The van der Waals surface area contributed by atoms with Gasteiger partial charge in [0.25, 0.3) is 5.88 Å². The van der Waals surface area contributed by atoms with Crippen LogP contribution in [0, 0.1) is 17.5 Å². The third-order valence-corrected chi connectivity index (χ3v) is 6.94.